The van der Waals surface area contributed by atoms with Crippen molar-refractivity contribution < 1.29 is 27.9 Å². The molecule has 0 bridgehead atoms. The van der Waals surface area contributed by atoms with Crippen LogP contribution in [0.4, 0.5) is 0 Å². The molecule has 1 aromatic rings. The van der Waals surface area contributed by atoms with Gasteiger partial charge in [-0.25, -0.2) is 8.42 Å². The Morgan fingerprint density at radius 3 is 2.58 bits per heavy atom. The summed E-state index contributed by atoms with van der Waals surface area (Å²) in [5.41, 5.74) is 0.545. The summed E-state index contributed by atoms with van der Waals surface area (Å²) >= 11 is 0. The number of benzene rings is 1. The number of nitrogens with zero attached hydrogens (tertiary/aromatic N) is 2. The molecule has 132 valence electrons. The van der Waals surface area contributed by atoms with Crippen molar-refractivity contribution >= 4 is 21.9 Å². The van der Waals surface area contributed by atoms with Crippen molar-refractivity contribution in [3.8, 4) is 0 Å². The number of rotatable bonds is 6. The number of amides is 1. The molecule has 1 unspecified atom stereocenters. The minimum absolute atomic E-state index is 0.107. The van der Waals surface area contributed by atoms with Gasteiger partial charge in [0.1, 0.15) is 6.54 Å². The van der Waals surface area contributed by atoms with Gasteiger partial charge in [-0.1, -0.05) is 18.2 Å². The van der Waals surface area contributed by atoms with Crippen molar-refractivity contribution in [2.24, 2.45) is 0 Å². The van der Waals surface area contributed by atoms with Crippen LogP contribution in [-0.2, 0) is 19.6 Å². The first-order valence-electron chi connectivity index (χ1n) is 7.40. The minimum atomic E-state index is -3.68. The van der Waals surface area contributed by atoms with E-state index in [0.29, 0.717) is 12.1 Å². The molecule has 1 amide bonds. The van der Waals surface area contributed by atoms with E-state index in [1.165, 1.54) is 0 Å². The first-order chi connectivity index (χ1) is 11.3. The van der Waals surface area contributed by atoms with Gasteiger partial charge in [0.15, 0.2) is 0 Å². The third kappa shape index (κ3) is 5.02. The van der Waals surface area contributed by atoms with Crippen molar-refractivity contribution in [2.45, 2.75) is 6.10 Å². The van der Waals surface area contributed by atoms with Gasteiger partial charge in [-0.05, 0) is 12.1 Å². The number of hydrogen-bond acceptors (Lipinski definition) is 5. The van der Waals surface area contributed by atoms with Crippen LogP contribution in [0.2, 0.25) is 0 Å². The molecule has 2 rings (SSSR count). The lowest BCUT2D eigenvalue weighted by atomic mass is 10.1. The van der Waals surface area contributed by atoms with Gasteiger partial charge in [-0.3, -0.25) is 9.59 Å². The summed E-state index contributed by atoms with van der Waals surface area (Å²) in [6.07, 6.45) is 0.381. The highest BCUT2D eigenvalue weighted by molar-refractivity contribution is 7.88. The Morgan fingerprint density at radius 2 is 2.00 bits per heavy atom. The van der Waals surface area contributed by atoms with E-state index in [-0.39, 0.29) is 25.6 Å². The Hall–Kier alpha value is -1.97. The third-order valence-electron chi connectivity index (χ3n) is 3.63. The molecule has 1 saturated heterocycles. The molecule has 0 radical (unpaired) electrons. The second-order valence-electron chi connectivity index (χ2n) is 5.56. The predicted molar refractivity (Wildman–Crippen MR) is 86.1 cm³/mol. The zero-order chi connectivity index (χ0) is 17.7. The summed E-state index contributed by atoms with van der Waals surface area (Å²) in [5.74, 6) is -1.40. The van der Waals surface area contributed by atoms with Gasteiger partial charge in [0, 0.05) is 25.2 Å². The van der Waals surface area contributed by atoms with Crippen molar-refractivity contribution in [1.29, 1.82) is 0 Å². The van der Waals surface area contributed by atoms with E-state index in [4.69, 9.17) is 9.84 Å². The third-order valence-corrected chi connectivity index (χ3v) is 4.85. The van der Waals surface area contributed by atoms with Crippen LogP contribution in [0.3, 0.4) is 0 Å². The Bertz CT molecular complexity index is 691. The average Bonchev–Trinajstić information content (AvgIpc) is 2.53. The normalized spacial score (nSPS) is 18.6. The van der Waals surface area contributed by atoms with E-state index in [2.05, 4.69) is 0 Å². The quantitative estimate of drug-likeness (QED) is 0.762. The van der Waals surface area contributed by atoms with Crippen molar-refractivity contribution in [2.75, 3.05) is 39.0 Å². The molecular weight excluding hydrogens is 336 g/mol. The fraction of sp³-hybridized carbons (Fsp3) is 0.467. The average molecular weight is 356 g/mol. The van der Waals surface area contributed by atoms with E-state index >= 15 is 0 Å². The second-order valence-corrected chi connectivity index (χ2v) is 7.54. The Labute approximate surface area is 140 Å². The van der Waals surface area contributed by atoms with Gasteiger partial charge in [0.2, 0.25) is 10.0 Å². The van der Waals surface area contributed by atoms with Crippen LogP contribution in [0, 0.1) is 0 Å². The van der Waals surface area contributed by atoms with Gasteiger partial charge in [-0.15, -0.1) is 0 Å². The molecule has 24 heavy (non-hydrogen) atoms. The van der Waals surface area contributed by atoms with Gasteiger partial charge < -0.3 is 14.7 Å². The van der Waals surface area contributed by atoms with Crippen molar-refractivity contribution in [1.82, 2.24) is 9.21 Å². The highest BCUT2D eigenvalue weighted by Crippen LogP contribution is 2.13. The maximum absolute atomic E-state index is 12.5. The summed E-state index contributed by atoms with van der Waals surface area (Å²) in [4.78, 5) is 24.9. The lowest BCUT2D eigenvalue weighted by Gasteiger charge is -2.34. The largest absolute Gasteiger partial charge is 0.480 e. The molecular formula is C15H20N2O6S. The number of ether oxygens (including phenoxy) is 1. The molecule has 0 aromatic heterocycles. The summed E-state index contributed by atoms with van der Waals surface area (Å²) < 4.78 is 29.8. The standard InChI is InChI=1S/C15H20N2O6S/c1-24(21,22)17(11-14(18)19)10-13-9-16(7-8-23-13)15(20)12-5-3-2-4-6-12/h2-6,13H,7-11H2,1H3,(H,18,19). The summed E-state index contributed by atoms with van der Waals surface area (Å²) in [7, 11) is -3.68. The molecule has 0 saturated carbocycles. The van der Waals surface area contributed by atoms with Crippen LogP contribution in [0.25, 0.3) is 0 Å². The number of aliphatic carboxylic acids is 1. The fourth-order valence-electron chi connectivity index (χ4n) is 2.47. The van der Waals surface area contributed by atoms with Gasteiger partial charge in [-0.2, -0.15) is 4.31 Å². The summed E-state index contributed by atoms with van der Waals surface area (Å²) in [5, 5.41) is 8.85. The molecule has 1 aromatic carbocycles. The number of morpholine rings is 1. The first kappa shape index (κ1) is 18.4. The molecule has 1 N–H and O–H groups in total. The Balaban J connectivity index is 2.04. The highest BCUT2D eigenvalue weighted by atomic mass is 32.2. The maximum atomic E-state index is 12.5. The number of hydrogen-bond donors (Lipinski definition) is 1. The summed E-state index contributed by atoms with van der Waals surface area (Å²) in [6.45, 7) is 0.143. The molecule has 1 heterocycles. The molecule has 1 fully saturated rings. The van der Waals surface area contributed by atoms with Crippen molar-refractivity contribution in [3.63, 3.8) is 0 Å². The number of carbonyl (C=O) groups is 2. The Morgan fingerprint density at radius 1 is 1.33 bits per heavy atom. The van der Waals surface area contributed by atoms with Gasteiger partial charge in [0.05, 0.1) is 19.0 Å². The van der Waals surface area contributed by atoms with Gasteiger partial charge >= 0.3 is 5.97 Å². The first-order valence-corrected chi connectivity index (χ1v) is 9.25. The lowest BCUT2D eigenvalue weighted by Crippen LogP contribution is -2.51. The van der Waals surface area contributed by atoms with Crippen LogP contribution < -0.4 is 0 Å². The Kier molecular flexibility index (Phi) is 5.92. The van der Waals surface area contributed by atoms with E-state index in [1.54, 1.807) is 29.2 Å². The number of sulfonamides is 1. The van der Waals surface area contributed by atoms with Crippen molar-refractivity contribution in [3.05, 3.63) is 35.9 Å². The summed E-state index contributed by atoms with van der Waals surface area (Å²) in [6, 6.07) is 8.77. The molecule has 1 aliphatic rings. The zero-order valence-corrected chi connectivity index (χ0v) is 14.1. The van der Waals surface area contributed by atoms with E-state index < -0.39 is 28.6 Å². The molecule has 1 atom stereocenters. The lowest BCUT2D eigenvalue weighted by molar-refractivity contribution is -0.137. The number of carbonyl (C=O) groups excluding carboxylic acids is 1. The van der Waals surface area contributed by atoms with E-state index in [1.807, 2.05) is 6.07 Å². The maximum Gasteiger partial charge on any atom is 0.318 e. The monoisotopic (exact) mass is 356 g/mol. The smallest absolute Gasteiger partial charge is 0.318 e. The highest BCUT2D eigenvalue weighted by Gasteiger charge is 2.30. The number of carboxylic acids is 1. The molecule has 0 aliphatic carbocycles. The zero-order valence-electron chi connectivity index (χ0n) is 13.3. The van der Waals surface area contributed by atoms with Crippen LogP contribution in [0.1, 0.15) is 10.4 Å². The van der Waals surface area contributed by atoms with Crippen LogP contribution in [-0.4, -0.2) is 79.8 Å². The van der Waals surface area contributed by atoms with Crippen LogP contribution >= 0.6 is 0 Å². The molecule has 1 aliphatic heterocycles. The van der Waals surface area contributed by atoms with Crippen LogP contribution in [0.5, 0.6) is 0 Å². The molecule has 9 heteroatoms. The second kappa shape index (κ2) is 7.73. The van der Waals surface area contributed by atoms with E-state index in [9.17, 15) is 18.0 Å². The SMILES string of the molecule is CS(=O)(=O)N(CC(=O)O)CC1CN(C(=O)c2ccccc2)CCO1. The van der Waals surface area contributed by atoms with E-state index in [0.717, 1.165) is 10.6 Å². The number of carboxylic acid groups (broad SMARTS) is 1. The van der Waals surface area contributed by atoms with Crippen LogP contribution in [0.15, 0.2) is 30.3 Å². The molecule has 8 nitrogen and oxygen atoms in total. The molecule has 0 spiro atoms. The van der Waals surface area contributed by atoms with Gasteiger partial charge in [0.25, 0.3) is 5.91 Å². The predicted octanol–water partition coefficient (Wildman–Crippen LogP) is -0.126. The minimum Gasteiger partial charge on any atom is -0.480 e. The topological polar surface area (TPSA) is 104 Å². The fourth-order valence-corrected chi connectivity index (χ4v) is 3.25.